The average molecular weight is 307 g/mol. The van der Waals surface area contributed by atoms with E-state index in [1.54, 1.807) is 6.20 Å². The average Bonchev–Trinajstić information content (AvgIpc) is 3.15. The van der Waals surface area contributed by atoms with Crippen molar-refractivity contribution >= 4 is 0 Å². The Morgan fingerprint density at radius 1 is 1.04 bits per heavy atom. The van der Waals surface area contributed by atoms with Gasteiger partial charge in [-0.05, 0) is 36.2 Å². The minimum atomic E-state index is -0.507. The van der Waals surface area contributed by atoms with E-state index < -0.39 is 6.10 Å². The highest BCUT2D eigenvalue weighted by atomic mass is 16.3. The molecule has 2 aromatic carbocycles. The third kappa shape index (κ3) is 3.86. The number of aliphatic hydroxyl groups excluding tert-OH is 1. The molecule has 0 aliphatic rings. The van der Waals surface area contributed by atoms with Crippen LogP contribution in [0.25, 0.3) is 5.69 Å². The maximum absolute atomic E-state index is 10.2. The van der Waals surface area contributed by atoms with Crippen molar-refractivity contribution in [2.45, 2.75) is 19.1 Å². The normalized spacial score (nSPS) is 13.7. The van der Waals surface area contributed by atoms with Crippen LogP contribution in [-0.2, 0) is 0 Å². The molecule has 3 aromatic rings. The molecule has 2 N–H and O–H groups in total. The number of hydrogen-bond donors (Lipinski definition) is 2. The monoisotopic (exact) mass is 307 g/mol. The number of nitrogens with zero attached hydrogens (tertiary/aromatic N) is 2. The van der Waals surface area contributed by atoms with Gasteiger partial charge in [0.1, 0.15) is 0 Å². The zero-order valence-corrected chi connectivity index (χ0v) is 13.1. The highest BCUT2D eigenvalue weighted by molar-refractivity contribution is 5.36. The third-order valence-corrected chi connectivity index (χ3v) is 3.94. The molecule has 0 bridgehead atoms. The van der Waals surface area contributed by atoms with Crippen molar-refractivity contribution in [2.75, 3.05) is 6.54 Å². The van der Waals surface area contributed by atoms with Crippen LogP contribution < -0.4 is 5.32 Å². The van der Waals surface area contributed by atoms with E-state index in [4.69, 9.17) is 0 Å². The zero-order valence-electron chi connectivity index (χ0n) is 13.1. The van der Waals surface area contributed by atoms with Crippen molar-refractivity contribution in [1.29, 1.82) is 0 Å². The summed E-state index contributed by atoms with van der Waals surface area (Å²) in [5.74, 6) is 0. The standard InChI is InChI=1S/C19H21N3O/c1-15(20-14-19(23)16-7-3-2-4-8-16)17-9-5-10-18(13-17)22-12-6-11-21-22/h2-13,15,19-20,23H,14H2,1H3. The van der Waals surface area contributed by atoms with Gasteiger partial charge in [-0.1, -0.05) is 42.5 Å². The number of aliphatic hydroxyl groups is 1. The van der Waals surface area contributed by atoms with Crippen LogP contribution in [0.15, 0.2) is 73.1 Å². The quantitative estimate of drug-likeness (QED) is 0.735. The Morgan fingerprint density at radius 2 is 1.83 bits per heavy atom. The lowest BCUT2D eigenvalue weighted by Gasteiger charge is -2.18. The van der Waals surface area contributed by atoms with Crippen molar-refractivity contribution in [3.05, 3.63) is 84.2 Å². The molecule has 1 aromatic heterocycles. The molecule has 0 radical (unpaired) electrons. The minimum absolute atomic E-state index is 0.142. The minimum Gasteiger partial charge on any atom is -0.387 e. The molecule has 0 spiro atoms. The second kappa shape index (κ2) is 7.22. The first-order chi connectivity index (χ1) is 11.2. The first-order valence-electron chi connectivity index (χ1n) is 7.80. The summed E-state index contributed by atoms with van der Waals surface area (Å²) in [7, 11) is 0. The zero-order chi connectivity index (χ0) is 16.1. The number of benzene rings is 2. The highest BCUT2D eigenvalue weighted by Crippen LogP contribution is 2.18. The third-order valence-electron chi connectivity index (χ3n) is 3.94. The molecule has 2 atom stereocenters. The lowest BCUT2D eigenvalue weighted by molar-refractivity contribution is 0.171. The van der Waals surface area contributed by atoms with Gasteiger partial charge in [-0.2, -0.15) is 5.10 Å². The molecule has 3 rings (SSSR count). The fourth-order valence-electron chi connectivity index (χ4n) is 2.56. The van der Waals surface area contributed by atoms with Crippen LogP contribution in [0.4, 0.5) is 0 Å². The van der Waals surface area contributed by atoms with E-state index in [1.165, 1.54) is 5.56 Å². The molecule has 0 fully saturated rings. The first kappa shape index (κ1) is 15.5. The molecule has 118 valence electrons. The smallest absolute Gasteiger partial charge is 0.0914 e. The fourth-order valence-corrected chi connectivity index (χ4v) is 2.56. The van der Waals surface area contributed by atoms with Gasteiger partial charge in [0.05, 0.1) is 11.8 Å². The van der Waals surface area contributed by atoms with Gasteiger partial charge in [0.25, 0.3) is 0 Å². The van der Waals surface area contributed by atoms with E-state index in [9.17, 15) is 5.11 Å². The van der Waals surface area contributed by atoms with E-state index in [2.05, 4.69) is 29.5 Å². The second-order valence-corrected chi connectivity index (χ2v) is 5.60. The Kier molecular flexibility index (Phi) is 4.86. The van der Waals surface area contributed by atoms with Crippen molar-refractivity contribution in [3.8, 4) is 5.69 Å². The van der Waals surface area contributed by atoms with Crippen molar-refractivity contribution in [1.82, 2.24) is 15.1 Å². The maximum atomic E-state index is 10.2. The summed E-state index contributed by atoms with van der Waals surface area (Å²) in [4.78, 5) is 0. The summed E-state index contributed by atoms with van der Waals surface area (Å²) >= 11 is 0. The topological polar surface area (TPSA) is 50.1 Å². The van der Waals surface area contributed by atoms with Gasteiger partial charge in [-0.25, -0.2) is 4.68 Å². The van der Waals surface area contributed by atoms with Gasteiger partial charge >= 0.3 is 0 Å². The Morgan fingerprint density at radius 3 is 2.57 bits per heavy atom. The van der Waals surface area contributed by atoms with Gasteiger partial charge < -0.3 is 10.4 Å². The van der Waals surface area contributed by atoms with Gasteiger partial charge in [-0.15, -0.1) is 0 Å². The lowest BCUT2D eigenvalue weighted by atomic mass is 10.1. The van der Waals surface area contributed by atoms with Crippen LogP contribution in [-0.4, -0.2) is 21.4 Å². The van der Waals surface area contributed by atoms with Gasteiger partial charge in [-0.3, -0.25) is 0 Å². The number of nitrogens with one attached hydrogen (secondary N) is 1. The fraction of sp³-hybridized carbons (Fsp3) is 0.211. The Balaban J connectivity index is 1.64. The molecular weight excluding hydrogens is 286 g/mol. The summed E-state index contributed by atoms with van der Waals surface area (Å²) < 4.78 is 1.84. The molecule has 0 aliphatic carbocycles. The summed E-state index contributed by atoms with van der Waals surface area (Å²) in [5.41, 5.74) is 3.13. The summed E-state index contributed by atoms with van der Waals surface area (Å²) in [6.45, 7) is 2.61. The predicted molar refractivity (Wildman–Crippen MR) is 91.4 cm³/mol. The lowest BCUT2D eigenvalue weighted by Crippen LogP contribution is -2.24. The molecule has 1 heterocycles. The van der Waals surface area contributed by atoms with E-state index >= 15 is 0 Å². The molecule has 4 nitrogen and oxygen atoms in total. The highest BCUT2D eigenvalue weighted by Gasteiger charge is 2.11. The van der Waals surface area contributed by atoms with Crippen LogP contribution >= 0.6 is 0 Å². The molecule has 2 unspecified atom stereocenters. The van der Waals surface area contributed by atoms with E-state index in [1.807, 2.05) is 59.4 Å². The van der Waals surface area contributed by atoms with Crippen molar-refractivity contribution in [2.24, 2.45) is 0 Å². The van der Waals surface area contributed by atoms with Crippen LogP contribution in [0.5, 0.6) is 0 Å². The molecule has 23 heavy (non-hydrogen) atoms. The Bertz CT molecular complexity index is 725. The molecule has 0 amide bonds. The Labute approximate surface area is 136 Å². The SMILES string of the molecule is CC(NCC(O)c1ccccc1)c1cccc(-n2cccn2)c1. The van der Waals surface area contributed by atoms with Crippen LogP contribution in [0.1, 0.15) is 30.2 Å². The van der Waals surface area contributed by atoms with E-state index in [0.717, 1.165) is 11.3 Å². The van der Waals surface area contributed by atoms with Crippen LogP contribution in [0, 0.1) is 0 Å². The van der Waals surface area contributed by atoms with E-state index in [0.29, 0.717) is 6.54 Å². The van der Waals surface area contributed by atoms with Gasteiger partial charge in [0, 0.05) is 25.0 Å². The molecule has 0 aliphatic heterocycles. The summed E-state index contributed by atoms with van der Waals surface area (Å²) in [6.07, 6.45) is 3.19. The largest absolute Gasteiger partial charge is 0.387 e. The van der Waals surface area contributed by atoms with Crippen LogP contribution in [0.2, 0.25) is 0 Å². The summed E-state index contributed by atoms with van der Waals surface area (Å²) in [6, 6.07) is 20.0. The molecule has 4 heteroatoms. The van der Waals surface area contributed by atoms with Gasteiger partial charge in [0.15, 0.2) is 0 Å². The number of aromatic nitrogens is 2. The van der Waals surface area contributed by atoms with E-state index in [-0.39, 0.29) is 6.04 Å². The first-order valence-corrected chi connectivity index (χ1v) is 7.80. The maximum Gasteiger partial charge on any atom is 0.0914 e. The summed E-state index contributed by atoms with van der Waals surface area (Å²) in [5, 5.41) is 17.9. The number of rotatable bonds is 6. The van der Waals surface area contributed by atoms with Gasteiger partial charge in [0.2, 0.25) is 0 Å². The van der Waals surface area contributed by atoms with Crippen LogP contribution in [0.3, 0.4) is 0 Å². The Hall–Kier alpha value is -2.43. The van der Waals surface area contributed by atoms with Crippen molar-refractivity contribution < 1.29 is 5.11 Å². The second-order valence-electron chi connectivity index (χ2n) is 5.60. The molecular formula is C19H21N3O. The predicted octanol–water partition coefficient (Wildman–Crippen LogP) is 3.26. The molecule has 0 saturated carbocycles. The molecule has 0 saturated heterocycles. The van der Waals surface area contributed by atoms with Crippen molar-refractivity contribution in [3.63, 3.8) is 0 Å². The number of hydrogen-bond acceptors (Lipinski definition) is 3.